The summed E-state index contributed by atoms with van der Waals surface area (Å²) < 4.78 is 0. The Labute approximate surface area is 98.1 Å². The fraction of sp³-hybridized carbons (Fsp3) is 0.0833. The molecule has 0 heterocycles. The van der Waals surface area contributed by atoms with Crippen molar-refractivity contribution < 1.29 is 0 Å². The van der Waals surface area contributed by atoms with E-state index < -0.39 is 0 Å². The highest BCUT2D eigenvalue weighted by atomic mass is 14.7. The first-order chi connectivity index (χ1) is 8.15. The monoisotopic (exact) mass is 217 g/mol. The molecule has 0 radical (unpaired) electrons. The van der Waals surface area contributed by atoms with Gasteiger partial charge in [0, 0.05) is 5.57 Å². The van der Waals surface area contributed by atoms with Crippen molar-refractivity contribution in [2.24, 2.45) is 0 Å². The first-order valence-corrected chi connectivity index (χ1v) is 4.32. The molecule has 76 valence electrons. The molecule has 0 aromatic carbocycles. The Morgan fingerprint density at radius 2 is 1.29 bits per heavy atom. The molecule has 1 fully saturated rings. The maximum atomic E-state index is 8.76. The zero-order valence-corrected chi connectivity index (χ0v) is 8.74. The Morgan fingerprint density at radius 3 is 1.53 bits per heavy atom. The number of hydrogen-bond donors (Lipinski definition) is 0. The van der Waals surface area contributed by atoms with Crippen LogP contribution in [0.4, 0.5) is 0 Å². The maximum absolute atomic E-state index is 8.76. The number of nitriles is 3. The summed E-state index contributed by atoms with van der Waals surface area (Å²) in [5.74, 6) is 0. The van der Waals surface area contributed by atoms with Gasteiger partial charge in [0.15, 0.2) is 0 Å². The van der Waals surface area contributed by atoms with Crippen LogP contribution in [0.2, 0.25) is 0 Å². The quantitative estimate of drug-likeness (QED) is 0.461. The van der Waals surface area contributed by atoms with Gasteiger partial charge in [-0.25, -0.2) is 20.2 Å². The summed E-state index contributed by atoms with van der Waals surface area (Å²) in [6.45, 7) is 15.2. The molecule has 1 aliphatic carbocycles. The molecule has 17 heavy (non-hydrogen) atoms. The summed E-state index contributed by atoms with van der Waals surface area (Å²) in [7, 11) is 0. The van der Waals surface area contributed by atoms with Crippen molar-refractivity contribution in [1.82, 2.24) is 0 Å². The van der Waals surface area contributed by atoms with Gasteiger partial charge in [0.05, 0.1) is 31.4 Å². The summed E-state index contributed by atoms with van der Waals surface area (Å²) in [6.07, 6.45) is 0. The van der Waals surface area contributed by atoms with E-state index in [2.05, 4.69) is 9.69 Å². The van der Waals surface area contributed by atoms with Crippen LogP contribution in [0, 0.1) is 47.1 Å². The van der Waals surface area contributed by atoms with Crippen molar-refractivity contribution in [3.8, 4) is 18.2 Å². The summed E-state index contributed by atoms with van der Waals surface area (Å²) in [5, 5.41) is 26.2. The summed E-state index contributed by atoms with van der Waals surface area (Å²) in [4.78, 5) is 6.03. The number of hydrogen-bond acceptors (Lipinski definition) is 3. The molecule has 0 atom stereocenters. The Bertz CT molecular complexity index is 614. The van der Waals surface area contributed by atoms with Crippen LogP contribution >= 0.6 is 0 Å². The average molecular weight is 217 g/mol. The molecule has 0 aromatic heterocycles. The minimum absolute atomic E-state index is 0.194. The zero-order valence-electron chi connectivity index (χ0n) is 8.74. The summed E-state index contributed by atoms with van der Waals surface area (Å²) in [5.41, 5.74) is 0.806. The van der Waals surface area contributed by atoms with Gasteiger partial charge in [-0.2, -0.15) is 5.26 Å². The van der Waals surface area contributed by atoms with E-state index >= 15 is 0 Å². The molecule has 0 spiro atoms. The molecule has 0 N–H and O–H groups in total. The largest absolute Gasteiger partial charge is 0.268 e. The third kappa shape index (κ3) is 1.75. The second kappa shape index (κ2) is 4.46. The second-order valence-corrected chi connectivity index (χ2v) is 3.01. The zero-order chi connectivity index (χ0) is 13.0. The van der Waals surface area contributed by atoms with Crippen molar-refractivity contribution in [3.05, 3.63) is 56.5 Å². The van der Waals surface area contributed by atoms with Crippen LogP contribution in [-0.2, 0) is 0 Å². The maximum Gasteiger partial charge on any atom is 0.268 e. The van der Waals surface area contributed by atoms with E-state index in [-0.39, 0.29) is 22.5 Å². The van der Waals surface area contributed by atoms with E-state index in [0.29, 0.717) is 11.1 Å². The van der Waals surface area contributed by atoms with Crippen molar-refractivity contribution in [3.63, 3.8) is 0 Å². The molecular weight excluding hydrogens is 214 g/mol. The van der Waals surface area contributed by atoms with Crippen molar-refractivity contribution in [2.75, 3.05) is 0 Å². The van der Waals surface area contributed by atoms with Gasteiger partial charge in [0.25, 0.3) is 11.4 Å². The summed E-state index contributed by atoms with van der Waals surface area (Å²) >= 11 is 0. The topological polar surface area (TPSA) is 80.1 Å². The highest BCUT2D eigenvalue weighted by Gasteiger charge is 2.38. The molecule has 1 rings (SSSR count). The Morgan fingerprint density at radius 1 is 0.882 bits per heavy atom. The van der Waals surface area contributed by atoms with E-state index in [1.54, 1.807) is 12.1 Å². The molecule has 0 bridgehead atoms. The second-order valence-electron chi connectivity index (χ2n) is 3.01. The lowest BCUT2D eigenvalue weighted by Crippen LogP contribution is -1.68. The lowest BCUT2D eigenvalue weighted by atomic mass is 10.3. The third-order valence-corrected chi connectivity index (χ3v) is 2.14. The molecule has 1 aliphatic rings. The Hall–Kier alpha value is -3.33. The Kier molecular flexibility index (Phi) is 3.08. The van der Waals surface area contributed by atoms with Crippen molar-refractivity contribution >= 4 is 0 Å². The molecule has 5 heteroatoms. The molecule has 0 aliphatic heterocycles. The lowest BCUT2D eigenvalue weighted by Gasteiger charge is -1.77. The SMILES string of the molecule is [C-]#[N+]/C(C#N)=C1/C(=C(C)C#N)/C1=C(\C#N)[N+]#[C-]. The predicted octanol–water partition coefficient (Wildman–Crippen LogP) is 2.23. The van der Waals surface area contributed by atoms with Crippen LogP contribution in [-0.4, -0.2) is 0 Å². The van der Waals surface area contributed by atoms with Gasteiger partial charge in [0.2, 0.25) is 0 Å². The normalized spacial score (nSPS) is 17.5. The molecule has 0 amide bonds. The molecule has 0 unspecified atom stereocenters. The fourth-order valence-corrected chi connectivity index (χ4v) is 1.37. The predicted molar refractivity (Wildman–Crippen MR) is 56.8 cm³/mol. The molecule has 5 nitrogen and oxygen atoms in total. The molecule has 0 aromatic rings. The summed E-state index contributed by atoms with van der Waals surface area (Å²) in [6, 6.07) is 5.26. The van der Waals surface area contributed by atoms with Crippen LogP contribution in [0.5, 0.6) is 0 Å². The van der Waals surface area contributed by atoms with Crippen molar-refractivity contribution in [1.29, 1.82) is 15.8 Å². The molecule has 1 saturated carbocycles. The third-order valence-electron chi connectivity index (χ3n) is 2.14. The average Bonchev–Trinajstić information content (AvgIpc) is 3.07. The fourth-order valence-electron chi connectivity index (χ4n) is 1.37. The van der Waals surface area contributed by atoms with Crippen LogP contribution < -0.4 is 0 Å². The molecular formula is C12H3N5. The van der Waals surface area contributed by atoms with Crippen LogP contribution in [0.25, 0.3) is 9.69 Å². The first-order valence-electron chi connectivity index (χ1n) is 4.32. The van der Waals surface area contributed by atoms with Crippen molar-refractivity contribution in [2.45, 2.75) is 6.92 Å². The standard InChI is InChI=1S/C12H3N5/c1-7(4-13)10-11(8(5-14)16-2)12(10)9(6-15)17-3/h1H3/b11-8-,12-9-. The van der Waals surface area contributed by atoms with Gasteiger partial charge < -0.3 is 0 Å². The minimum Gasteiger partial charge on any atom is -0.226 e. The number of nitrogens with zero attached hydrogens (tertiary/aromatic N) is 5. The van der Waals surface area contributed by atoms with E-state index in [1.165, 1.54) is 6.92 Å². The van der Waals surface area contributed by atoms with E-state index in [0.717, 1.165) is 0 Å². The van der Waals surface area contributed by atoms with Gasteiger partial charge in [-0.1, -0.05) is 0 Å². The van der Waals surface area contributed by atoms with E-state index in [9.17, 15) is 0 Å². The van der Waals surface area contributed by atoms with Crippen LogP contribution in [0.1, 0.15) is 6.92 Å². The minimum atomic E-state index is -0.194. The van der Waals surface area contributed by atoms with Crippen LogP contribution in [0.15, 0.2) is 33.7 Å². The molecule has 0 saturated heterocycles. The highest BCUT2D eigenvalue weighted by molar-refractivity contribution is 5.87. The van der Waals surface area contributed by atoms with E-state index in [4.69, 9.17) is 28.9 Å². The highest BCUT2D eigenvalue weighted by Crippen LogP contribution is 2.50. The van der Waals surface area contributed by atoms with Crippen LogP contribution in [0.3, 0.4) is 0 Å². The number of allylic oxidation sites excluding steroid dienone is 6. The van der Waals surface area contributed by atoms with Gasteiger partial charge in [-0.3, -0.25) is 0 Å². The van der Waals surface area contributed by atoms with E-state index in [1.807, 2.05) is 6.07 Å². The first kappa shape index (κ1) is 11.7. The van der Waals surface area contributed by atoms with Gasteiger partial charge in [0.1, 0.15) is 0 Å². The lowest BCUT2D eigenvalue weighted by molar-refractivity contribution is 1.43. The number of rotatable bonds is 0. The Balaban J connectivity index is 3.70. The van der Waals surface area contributed by atoms with Gasteiger partial charge in [-0.05, 0) is 23.6 Å². The van der Waals surface area contributed by atoms with Gasteiger partial charge >= 0.3 is 0 Å². The van der Waals surface area contributed by atoms with Gasteiger partial charge in [-0.15, -0.1) is 0 Å². The smallest absolute Gasteiger partial charge is 0.226 e.